The first kappa shape index (κ1) is 18.6. The number of alkyl halides is 3. The SMILES string of the molecule is CCCOCCC(=O)N1CCn2c(c(F)c3nc(C(F)(F)F)cnc32)C1. The number of carbonyl (C=O) groups is 1. The summed E-state index contributed by atoms with van der Waals surface area (Å²) in [5.74, 6) is -1.05. The molecule has 0 aliphatic carbocycles. The molecule has 0 unspecified atom stereocenters. The molecule has 1 amide bonds. The Morgan fingerprint density at radius 2 is 2.08 bits per heavy atom. The van der Waals surface area contributed by atoms with Crippen LogP contribution in [0.1, 0.15) is 31.2 Å². The smallest absolute Gasteiger partial charge is 0.381 e. The molecule has 142 valence electrons. The van der Waals surface area contributed by atoms with Crippen LogP contribution in [0.4, 0.5) is 17.6 Å². The first-order valence-electron chi connectivity index (χ1n) is 8.29. The number of ether oxygens (including phenoxy) is 1. The van der Waals surface area contributed by atoms with Gasteiger partial charge in [-0.2, -0.15) is 13.2 Å². The van der Waals surface area contributed by atoms with Crippen LogP contribution >= 0.6 is 0 Å². The highest BCUT2D eigenvalue weighted by atomic mass is 19.4. The summed E-state index contributed by atoms with van der Waals surface area (Å²) >= 11 is 0. The number of hydrogen-bond acceptors (Lipinski definition) is 4. The first-order valence-corrected chi connectivity index (χ1v) is 8.29. The zero-order valence-corrected chi connectivity index (χ0v) is 14.1. The van der Waals surface area contributed by atoms with Crippen LogP contribution in [0.15, 0.2) is 6.20 Å². The molecule has 0 aromatic carbocycles. The summed E-state index contributed by atoms with van der Waals surface area (Å²) in [4.78, 5) is 20.8. The van der Waals surface area contributed by atoms with E-state index in [0.29, 0.717) is 19.3 Å². The van der Waals surface area contributed by atoms with Gasteiger partial charge in [-0.25, -0.2) is 14.4 Å². The van der Waals surface area contributed by atoms with Gasteiger partial charge in [0, 0.05) is 19.7 Å². The van der Waals surface area contributed by atoms with Gasteiger partial charge >= 0.3 is 6.18 Å². The number of halogens is 4. The van der Waals surface area contributed by atoms with E-state index in [1.165, 1.54) is 9.47 Å². The van der Waals surface area contributed by atoms with Crippen molar-refractivity contribution in [2.24, 2.45) is 0 Å². The summed E-state index contributed by atoms with van der Waals surface area (Å²) in [7, 11) is 0. The molecule has 6 nitrogen and oxygen atoms in total. The van der Waals surface area contributed by atoms with E-state index in [9.17, 15) is 22.4 Å². The number of rotatable bonds is 5. The van der Waals surface area contributed by atoms with Crippen molar-refractivity contribution >= 4 is 17.1 Å². The predicted molar refractivity (Wildman–Crippen MR) is 83.6 cm³/mol. The van der Waals surface area contributed by atoms with Crippen LogP contribution in [0.2, 0.25) is 0 Å². The van der Waals surface area contributed by atoms with E-state index in [-0.39, 0.29) is 43.4 Å². The van der Waals surface area contributed by atoms with Gasteiger partial charge in [0.15, 0.2) is 17.2 Å². The predicted octanol–water partition coefficient (Wildman–Crippen LogP) is 2.75. The van der Waals surface area contributed by atoms with E-state index in [1.54, 1.807) is 0 Å². The second kappa shape index (κ2) is 7.18. The van der Waals surface area contributed by atoms with Crippen molar-refractivity contribution in [3.05, 3.63) is 23.4 Å². The monoisotopic (exact) mass is 374 g/mol. The van der Waals surface area contributed by atoms with Gasteiger partial charge in [0.2, 0.25) is 5.91 Å². The highest BCUT2D eigenvalue weighted by Gasteiger charge is 2.35. The minimum atomic E-state index is -4.70. The summed E-state index contributed by atoms with van der Waals surface area (Å²) in [6.07, 6.45) is -3.08. The Kier molecular flexibility index (Phi) is 5.12. The van der Waals surface area contributed by atoms with E-state index >= 15 is 0 Å². The van der Waals surface area contributed by atoms with Crippen LogP contribution in [0.25, 0.3) is 11.2 Å². The number of hydrogen-bond donors (Lipinski definition) is 0. The highest BCUT2D eigenvalue weighted by Crippen LogP contribution is 2.31. The van der Waals surface area contributed by atoms with Gasteiger partial charge in [-0.05, 0) is 6.42 Å². The van der Waals surface area contributed by atoms with Crippen LogP contribution in [-0.2, 0) is 28.8 Å². The molecule has 0 spiro atoms. The normalized spacial score (nSPS) is 14.7. The summed E-state index contributed by atoms with van der Waals surface area (Å²) < 4.78 is 59.7. The molecular formula is C16H18F4N4O2. The topological polar surface area (TPSA) is 60.2 Å². The average molecular weight is 374 g/mol. The maximum absolute atomic E-state index is 14.6. The van der Waals surface area contributed by atoms with E-state index < -0.39 is 23.2 Å². The van der Waals surface area contributed by atoms with Crippen molar-refractivity contribution in [2.45, 2.75) is 39.0 Å². The van der Waals surface area contributed by atoms with E-state index in [0.717, 1.165) is 6.42 Å². The lowest BCUT2D eigenvalue weighted by molar-refractivity contribution is -0.141. The minimum Gasteiger partial charge on any atom is -0.381 e. The molecule has 0 N–H and O–H groups in total. The van der Waals surface area contributed by atoms with Crippen LogP contribution in [-0.4, -0.2) is 45.1 Å². The Labute approximate surface area is 146 Å². The summed E-state index contributed by atoms with van der Waals surface area (Å²) in [5, 5.41) is 0. The Morgan fingerprint density at radius 1 is 1.31 bits per heavy atom. The number of fused-ring (bicyclic) bond motifs is 3. The molecule has 2 aromatic heterocycles. The maximum Gasteiger partial charge on any atom is 0.434 e. The molecule has 10 heteroatoms. The van der Waals surface area contributed by atoms with Gasteiger partial charge in [0.25, 0.3) is 0 Å². The molecule has 3 rings (SSSR count). The molecule has 0 radical (unpaired) electrons. The Bertz CT molecular complexity index is 819. The summed E-state index contributed by atoms with van der Waals surface area (Å²) in [6, 6.07) is 0. The van der Waals surface area contributed by atoms with Crippen LogP contribution < -0.4 is 0 Å². The fourth-order valence-electron chi connectivity index (χ4n) is 2.90. The van der Waals surface area contributed by atoms with Crippen molar-refractivity contribution in [2.75, 3.05) is 19.8 Å². The number of aromatic nitrogens is 3. The van der Waals surface area contributed by atoms with Gasteiger partial charge in [-0.15, -0.1) is 0 Å². The van der Waals surface area contributed by atoms with Gasteiger partial charge in [0.1, 0.15) is 5.52 Å². The van der Waals surface area contributed by atoms with Crippen LogP contribution in [0.3, 0.4) is 0 Å². The van der Waals surface area contributed by atoms with Crippen molar-refractivity contribution in [3.63, 3.8) is 0 Å². The lowest BCUT2D eigenvalue weighted by atomic mass is 10.2. The molecule has 0 atom stereocenters. The van der Waals surface area contributed by atoms with Crippen molar-refractivity contribution < 1.29 is 27.1 Å². The van der Waals surface area contributed by atoms with Crippen LogP contribution in [0.5, 0.6) is 0 Å². The third-order valence-corrected chi connectivity index (χ3v) is 4.18. The zero-order chi connectivity index (χ0) is 18.9. The third-order valence-electron chi connectivity index (χ3n) is 4.18. The molecule has 2 aromatic rings. The Balaban J connectivity index is 1.81. The zero-order valence-electron chi connectivity index (χ0n) is 14.1. The van der Waals surface area contributed by atoms with Crippen molar-refractivity contribution in [3.8, 4) is 0 Å². The fraction of sp³-hybridized carbons (Fsp3) is 0.562. The summed E-state index contributed by atoms with van der Waals surface area (Å²) in [5.41, 5.74) is -1.49. The van der Waals surface area contributed by atoms with Crippen molar-refractivity contribution in [1.29, 1.82) is 0 Å². The lowest BCUT2D eigenvalue weighted by Crippen LogP contribution is -2.38. The fourth-order valence-corrected chi connectivity index (χ4v) is 2.90. The molecule has 0 bridgehead atoms. The van der Waals surface area contributed by atoms with E-state index in [2.05, 4.69) is 9.97 Å². The molecule has 0 fully saturated rings. The average Bonchev–Trinajstić information content (AvgIpc) is 2.89. The van der Waals surface area contributed by atoms with E-state index in [1.807, 2.05) is 6.92 Å². The quantitative estimate of drug-likeness (QED) is 0.597. The molecule has 26 heavy (non-hydrogen) atoms. The molecule has 0 saturated carbocycles. The second-order valence-electron chi connectivity index (χ2n) is 6.02. The highest BCUT2D eigenvalue weighted by molar-refractivity contribution is 5.78. The van der Waals surface area contributed by atoms with Gasteiger partial charge in [-0.1, -0.05) is 6.92 Å². The van der Waals surface area contributed by atoms with Gasteiger partial charge in [-0.3, -0.25) is 4.79 Å². The standard InChI is InChI=1S/C16H18F4N4O2/c1-2-6-26-7-3-12(25)23-4-5-24-10(9-23)13(17)14-15(24)21-8-11(22-14)16(18,19)20/h8H,2-7,9H2,1H3. The maximum atomic E-state index is 14.6. The molecule has 1 aliphatic heterocycles. The number of nitrogens with zero attached hydrogens (tertiary/aromatic N) is 4. The summed E-state index contributed by atoms with van der Waals surface area (Å²) in [6.45, 7) is 3.35. The molecule has 1 aliphatic rings. The third kappa shape index (κ3) is 3.50. The lowest BCUT2D eigenvalue weighted by Gasteiger charge is -2.28. The van der Waals surface area contributed by atoms with Gasteiger partial charge in [0.05, 0.1) is 31.5 Å². The first-order chi connectivity index (χ1) is 12.3. The minimum absolute atomic E-state index is 0.0299. The second-order valence-corrected chi connectivity index (χ2v) is 6.02. The number of carbonyl (C=O) groups excluding carboxylic acids is 1. The number of amides is 1. The van der Waals surface area contributed by atoms with E-state index in [4.69, 9.17) is 4.74 Å². The molecule has 0 saturated heterocycles. The Hall–Kier alpha value is -2.23. The molecular weight excluding hydrogens is 356 g/mol. The van der Waals surface area contributed by atoms with Crippen molar-refractivity contribution in [1.82, 2.24) is 19.4 Å². The largest absolute Gasteiger partial charge is 0.434 e. The Morgan fingerprint density at radius 3 is 2.77 bits per heavy atom. The van der Waals surface area contributed by atoms with Crippen LogP contribution in [0, 0.1) is 5.82 Å². The van der Waals surface area contributed by atoms with Gasteiger partial charge < -0.3 is 14.2 Å². The molecule has 3 heterocycles.